The van der Waals surface area contributed by atoms with Gasteiger partial charge in [-0.05, 0) is 70.8 Å². The maximum Gasteiger partial charge on any atom is 0.115 e. The quantitative estimate of drug-likeness (QED) is 0.322. The van der Waals surface area contributed by atoms with Crippen molar-refractivity contribution in [3.8, 4) is 34.1 Å². The topological polar surface area (TPSA) is 80.9 Å². The summed E-state index contributed by atoms with van der Waals surface area (Å²) in [7, 11) is 0. The molecule has 158 valence electrons. The van der Waals surface area contributed by atoms with Crippen molar-refractivity contribution in [1.82, 2.24) is 0 Å². The van der Waals surface area contributed by atoms with Crippen LogP contribution in [0.15, 0.2) is 97.1 Å². The third kappa shape index (κ3) is 5.58. The Kier molecular flexibility index (Phi) is 6.51. The van der Waals surface area contributed by atoms with Crippen LogP contribution in [0.25, 0.3) is 11.1 Å². The second-order valence-electron chi connectivity index (χ2n) is 7.81. The second kappa shape index (κ2) is 9.26. The first-order valence-corrected chi connectivity index (χ1v) is 9.93. The van der Waals surface area contributed by atoms with Gasteiger partial charge >= 0.3 is 0 Å². The Morgan fingerprint density at radius 1 is 0.387 bits per heavy atom. The van der Waals surface area contributed by atoms with Crippen molar-refractivity contribution in [2.45, 2.75) is 19.3 Å². The van der Waals surface area contributed by atoms with Crippen LogP contribution in [-0.2, 0) is 5.41 Å². The minimum Gasteiger partial charge on any atom is -0.508 e. The standard InChI is InChI=1S/C15H16O2.C12H10O2/c1-15(2,11-3-7-13(16)8-4-11)12-5-9-14(17)10-6-12;13-11-5-1-9(2-6-11)10-3-7-12(14)8-4-10/h3-10,16-17H,1-2H3;1-8,13-14H. The normalized spacial score (nSPS) is 10.8. The molecule has 0 aliphatic carbocycles. The first-order valence-electron chi connectivity index (χ1n) is 9.93. The fourth-order valence-electron chi connectivity index (χ4n) is 3.23. The number of rotatable bonds is 3. The molecule has 4 nitrogen and oxygen atoms in total. The van der Waals surface area contributed by atoms with Gasteiger partial charge in [0, 0.05) is 5.41 Å². The van der Waals surface area contributed by atoms with Gasteiger partial charge in [-0.3, -0.25) is 0 Å². The van der Waals surface area contributed by atoms with Gasteiger partial charge in [-0.15, -0.1) is 0 Å². The van der Waals surface area contributed by atoms with E-state index in [0.717, 1.165) is 22.3 Å². The van der Waals surface area contributed by atoms with E-state index in [9.17, 15) is 10.2 Å². The van der Waals surface area contributed by atoms with E-state index < -0.39 is 0 Å². The molecule has 0 aliphatic heterocycles. The van der Waals surface area contributed by atoms with Crippen LogP contribution >= 0.6 is 0 Å². The molecule has 4 rings (SSSR count). The molecule has 0 unspecified atom stereocenters. The predicted molar refractivity (Wildman–Crippen MR) is 124 cm³/mol. The fraction of sp³-hybridized carbons (Fsp3) is 0.111. The average molecular weight is 415 g/mol. The van der Waals surface area contributed by atoms with Gasteiger partial charge in [0.25, 0.3) is 0 Å². The van der Waals surface area contributed by atoms with Gasteiger partial charge in [0.1, 0.15) is 23.0 Å². The highest BCUT2D eigenvalue weighted by atomic mass is 16.3. The van der Waals surface area contributed by atoms with Crippen molar-refractivity contribution in [3.05, 3.63) is 108 Å². The van der Waals surface area contributed by atoms with Crippen molar-refractivity contribution in [2.75, 3.05) is 0 Å². The highest BCUT2D eigenvalue weighted by Gasteiger charge is 2.22. The van der Waals surface area contributed by atoms with Gasteiger partial charge in [0.05, 0.1) is 0 Å². The van der Waals surface area contributed by atoms with Crippen LogP contribution in [0.3, 0.4) is 0 Å². The van der Waals surface area contributed by atoms with Gasteiger partial charge in [0.2, 0.25) is 0 Å². The van der Waals surface area contributed by atoms with Crippen molar-refractivity contribution in [2.24, 2.45) is 0 Å². The van der Waals surface area contributed by atoms with E-state index in [1.54, 1.807) is 48.5 Å². The molecule has 0 amide bonds. The van der Waals surface area contributed by atoms with Gasteiger partial charge in [-0.25, -0.2) is 0 Å². The van der Waals surface area contributed by atoms with E-state index >= 15 is 0 Å². The zero-order chi connectivity index (χ0) is 22.4. The molecule has 0 bridgehead atoms. The highest BCUT2D eigenvalue weighted by molar-refractivity contribution is 5.64. The summed E-state index contributed by atoms with van der Waals surface area (Å²) in [6, 6.07) is 28.3. The monoisotopic (exact) mass is 414 g/mol. The summed E-state index contributed by atoms with van der Waals surface area (Å²) in [5.74, 6) is 1.06. The minimum atomic E-state index is -0.151. The van der Waals surface area contributed by atoms with Crippen molar-refractivity contribution in [3.63, 3.8) is 0 Å². The Bertz CT molecular complexity index is 1010. The van der Waals surface area contributed by atoms with Crippen LogP contribution in [0.2, 0.25) is 0 Å². The van der Waals surface area contributed by atoms with Crippen molar-refractivity contribution in [1.29, 1.82) is 0 Å². The maximum atomic E-state index is 9.30. The highest BCUT2D eigenvalue weighted by Crippen LogP contribution is 2.33. The largest absolute Gasteiger partial charge is 0.508 e. The van der Waals surface area contributed by atoms with Gasteiger partial charge in [-0.1, -0.05) is 62.4 Å². The summed E-state index contributed by atoms with van der Waals surface area (Å²) in [5, 5.41) is 36.8. The number of aromatic hydroxyl groups is 4. The molecule has 31 heavy (non-hydrogen) atoms. The zero-order valence-corrected chi connectivity index (χ0v) is 17.5. The number of hydrogen-bond donors (Lipinski definition) is 4. The third-order valence-electron chi connectivity index (χ3n) is 5.25. The molecular formula is C27H26O4. The average Bonchev–Trinajstić information content (AvgIpc) is 2.76. The summed E-state index contributed by atoms with van der Waals surface area (Å²) >= 11 is 0. The molecule has 0 fully saturated rings. The summed E-state index contributed by atoms with van der Waals surface area (Å²) in [6.07, 6.45) is 0. The summed E-state index contributed by atoms with van der Waals surface area (Å²) in [5.41, 5.74) is 4.13. The van der Waals surface area contributed by atoms with Crippen LogP contribution in [0.5, 0.6) is 23.0 Å². The van der Waals surface area contributed by atoms with Crippen LogP contribution in [0.4, 0.5) is 0 Å². The van der Waals surface area contributed by atoms with Crippen LogP contribution in [0, 0.1) is 0 Å². The maximum absolute atomic E-state index is 9.30. The van der Waals surface area contributed by atoms with Gasteiger partial charge in [0.15, 0.2) is 0 Å². The summed E-state index contributed by atoms with van der Waals surface area (Å²) < 4.78 is 0. The van der Waals surface area contributed by atoms with E-state index in [4.69, 9.17) is 10.2 Å². The fourth-order valence-corrected chi connectivity index (χ4v) is 3.23. The number of benzene rings is 4. The molecule has 0 atom stereocenters. The molecule has 4 heteroatoms. The number of hydrogen-bond acceptors (Lipinski definition) is 4. The molecule has 0 spiro atoms. The SMILES string of the molecule is CC(C)(c1ccc(O)cc1)c1ccc(O)cc1.Oc1ccc(-c2ccc(O)cc2)cc1. The smallest absolute Gasteiger partial charge is 0.115 e. The Hall–Kier alpha value is -3.92. The molecule has 0 radical (unpaired) electrons. The Morgan fingerprint density at radius 3 is 0.871 bits per heavy atom. The lowest BCUT2D eigenvalue weighted by Crippen LogP contribution is -2.18. The molecule has 0 saturated heterocycles. The molecule has 0 heterocycles. The summed E-state index contributed by atoms with van der Waals surface area (Å²) in [4.78, 5) is 0. The van der Waals surface area contributed by atoms with E-state index in [0.29, 0.717) is 0 Å². The van der Waals surface area contributed by atoms with Crippen LogP contribution in [0.1, 0.15) is 25.0 Å². The molecule has 0 saturated carbocycles. The lowest BCUT2D eigenvalue weighted by atomic mass is 9.78. The van der Waals surface area contributed by atoms with Crippen molar-refractivity contribution < 1.29 is 20.4 Å². The first kappa shape index (κ1) is 21.8. The predicted octanol–water partition coefficient (Wildman–Crippen LogP) is 6.19. The lowest BCUT2D eigenvalue weighted by Gasteiger charge is -2.26. The Balaban J connectivity index is 0.000000179. The molecule has 4 aromatic carbocycles. The zero-order valence-electron chi connectivity index (χ0n) is 17.5. The minimum absolute atomic E-state index is 0.151. The van der Waals surface area contributed by atoms with Gasteiger partial charge in [-0.2, -0.15) is 0 Å². The molecule has 0 aromatic heterocycles. The Morgan fingerprint density at radius 2 is 0.613 bits per heavy atom. The molecule has 0 aliphatic rings. The molecule has 4 aromatic rings. The number of phenols is 4. The van der Waals surface area contributed by atoms with Crippen molar-refractivity contribution >= 4 is 0 Å². The first-order chi connectivity index (χ1) is 14.8. The Labute approximate surface area is 182 Å². The molecular weight excluding hydrogens is 388 g/mol. The van der Waals surface area contributed by atoms with Crippen LogP contribution in [-0.4, -0.2) is 20.4 Å². The van der Waals surface area contributed by atoms with E-state index in [1.165, 1.54) is 0 Å². The second-order valence-corrected chi connectivity index (χ2v) is 7.81. The van der Waals surface area contributed by atoms with E-state index in [1.807, 2.05) is 48.5 Å². The van der Waals surface area contributed by atoms with E-state index in [-0.39, 0.29) is 28.4 Å². The lowest BCUT2D eigenvalue weighted by molar-refractivity contribution is 0.473. The molecule has 4 N–H and O–H groups in total. The van der Waals surface area contributed by atoms with Gasteiger partial charge < -0.3 is 20.4 Å². The number of phenolic OH excluding ortho intramolecular Hbond substituents is 4. The van der Waals surface area contributed by atoms with E-state index in [2.05, 4.69) is 13.8 Å². The third-order valence-corrected chi connectivity index (χ3v) is 5.25. The summed E-state index contributed by atoms with van der Waals surface area (Å²) in [6.45, 7) is 4.23. The van der Waals surface area contributed by atoms with Crippen LogP contribution < -0.4 is 0 Å².